The maximum atomic E-state index is 10.7. The highest BCUT2D eigenvalue weighted by molar-refractivity contribution is 5.86. The van der Waals surface area contributed by atoms with Crippen molar-refractivity contribution in [2.45, 2.75) is 26.4 Å². The van der Waals surface area contributed by atoms with E-state index in [0.717, 1.165) is 0 Å². The first-order valence-corrected chi connectivity index (χ1v) is 4.77. The van der Waals surface area contributed by atoms with Crippen molar-refractivity contribution in [3.05, 3.63) is 23.2 Å². The second-order valence-corrected chi connectivity index (χ2v) is 3.53. The molecule has 0 saturated carbocycles. The first-order valence-electron chi connectivity index (χ1n) is 4.77. The van der Waals surface area contributed by atoms with E-state index in [-0.39, 0.29) is 12.3 Å². The molecule has 0 spiro atoms. The zero-order valence-electron chi connectivity index (χ0n) is 9.11. The Morgan fingerprint density at radius 2 is 2.25 bits per heavy atom. The molecule has 0 bridgehead atoms. The van der Waals surface area contributed by atoms with Gasteiger partial charge in [-0.2, -0.15) is 0 Å². The number of hydrogen-bond donors (Lipinski definition) is 3. The lowest BCUT2D eigenvalue weighted by atomic mass is 10.2. The van der Waals surface area contributed by atoms with Gasteiger partial charge in [-0.3, -0.25) is 10.1 Å². The summed E-state index contributed by atoms with van der Waals surface area (Å²) in [6.07, 6.45) is 0. The monoisotopic (exact) mass is 226 g/mol. The van der Waals surface area contributed by atoms with Gasteiger partial charge in [0, 0.05) is 5.56 Å². The van der Waals surface area contributed by atoms with Gasteiger partial charge in [-0.15, -0.1) is 0 Å². The summed E-state index contributed by atoms with van der Waals surface area (Å²) < 4.78 is 5.09. The molecule has 16 heavy (non-hydrogen) atoms. The van der Waals surface area contributed by atoms with Gasteiger partial charge in [0.25, 0.3) is 0 Å². The van der Waals surface area contributed by atoms with E-state index in [9.17, 15) is 9.59 Å². The Balaban J connectivity index is 2.65. The number of amides is 1. The predicted octanol–water partition coefficient (Wildman–Crippen LogP) is 0.250. The molecule has 0 radical (unpaired) electrons. The summed E-state index contributed by atoms with van der Waals surface area (Å²) in [6.45, 7) is 3.53. The summed E-state index contributed by atoms with van der Waals surface area (Å²) in [4.78, 5) is 21.4. The lowest BCUT2D eigenvalue weighted by molar-refractivity contribution is -0.119. The fourth-order valence-corrected chi connectivity index (χ4v) is 1.20. The summed E-state index contributed by atoms with van der Waals surface area (Å²) in [5.74, 6) is -1.19. The van der Waals surface area contributed by atoms with Gasteiger partial charge >= 0.3 is 5.97 Å². The summed E-state index contributed by atoms with van der Waals surface area (Å²) in [5.41, 5.74) is 5.61. The Bertz CT molecular complexity index is 411. The molecule has 88 valence electrons. The quantitative estimate of drug-likeness (QED) is 0.667. The van der Waals surface area contributed by atoms with Gasteiger partial charge in [0.15, 0.2) is 0 Å². The van der Waals surface area contributed by atoms with E-state index in [1.165, 1.54) is 0 Å². The molecule has 6 nitrogen and oxygen atoms in total. The molecule has 1 heterocycles. The average Bonchev–Trinajstić information content (AvgIpc) is 2.56. The van der Waals surface area contributed by atoms with Crippen molar-refractivity contribution in [3.8, 4) is 0 Å². The van der Waals surface area contributed by atoms with Crippen molar-refractivity contribution in [2.24, 2.45) is 5.73 Å². The van der Waals surface area contributed by atoms with Crippen molar-refractivity contribution >= 4 is 11.9 Å². The molecular formula is C10H14N2O4. The number of aromatic carboxylic acids is 1. The van der Waals surface area contributed by atoms with Crippen molar-refractivity contribution in [2.75, 3.05) is 0 Å². The minimum absolute atomic E-state index is 0.0801. The van der Waals surface area contributed by atoms with Crippen molar-refractivity contribution in [1.82, 2.24) is 5.32 Å². The Labute approximate surface area is 92.4 Å². The van der Waals surface area contributed by atoms with E-state index >= 15 is 0 Å². The van der Waals surface area contributed by atoms with Crippen LogP contribution in [0.25, 0.3) is 0 Å². The summed E-state index contributed by atoms with van der Waals surface area (Å²) in [7, 11) is 0. The van der Waals surface area contributed by atoms with Crippen LogP contribution in [0, 0.1) is 6.92 Å². The molecule has 0 aliphatic carbocycles. The molecule has 1 unspecified atom stereocenters. The minimum Gasteiger partial charge on any atom is -0.475 e. The Morgan fingerprint density at radius 1 is 1.62 bits per heavy atom. The maximum absolute atomic E-state index is 10.7. The normalized spacial score (nSPS) is 12.4. The van der Waals surface area contributed by atoms with E-state index in [0.29, 0.717) is 11.3 Å². The van der Waals surface area contributed by atoms with Gasteiger partial charge < -0.3 is 15.3 Å². The van der Waals surface area contributed by atoms with Crippen LogP contribution >= 0.6 is 0 Å². The molecule has 0 aromatic carbocycles. The Kier molecular flexibility index (Phi) is 3.68. The highest BCUT2D eigenvalue weighted by Crippen LogP contribution is 2.14. The molecule has 6 heteroatoms. The minimum atomic E-state index is -1.10. The van der Waals surface area contributed by atoms with Crippen LogP contribution in [0.15, 0.2) is 10.5 Å². The van der Waals surface area contributed by atoms with Gasteiger partial charge in [0.05, 0.1) is 12.6 Å². The number of carbonyl (C=O) groups excluding carboxylic acids is 1. The van der Waals surface area contributed by atoms with Crippen LogP contribution in [0.5, 0.6) is 0 Å². The highest BCUT2D eigenvalue weighted by atomic mass is 16.4. The van der Waals surface area contributed by atoms with Crippen molar-refractivity contribution in [3.63, 3.8) is 0 Å². The smallest absolute Gasteiger partial charge is 0.372 e. The molecule has 0 aliphatic rings. The molecular weight excluding hydrogens is 212 g/mol. The topological polar surface area (TPSA) is 106 Å². The van der Waals surface area contributed by atoms with Crippen LogP contribution in [-0.4, -0.2) is 23.0 Å². The van der Waals surface area contributed by atoms with Gasteiger partial charge in [0.1, 0.15) is 5.76 Å². The fourth-order valence-electron chi connectivity index (χ4n) is 1.20. The molecule has 0 aliphatic heterocycles. The van der Waals surface area contributed by atoms with Gasteiger partial charge in [-0.1, -0.05) is 0 Å². The molecule has 1 amide bonds. The number of hydrogen-bond acceptors (Lipinski definition) is 4. The number of primary amides is 1. The first-order chi connectivity index (χ1) is 7.41. The molecule has 1 aromatic rings. The maximum Gasteiger partial charge on any atom is 0.372 e. The summed E-state index contributed by atoms with van der Waals surface area (Å²) in [6, 6.07) is 1.13. The number of carboxylic acids is 1. The van der Waals surface area contributed by atoms with E-state index in [1.54, 1.807) is 19.9 Å². The molecule has 1 aromatic heterocycles. The van der Waals surface area contributed by atoms with Gasteiger partial charge in [-0.05, 0) is 19.9 Å². The van der Waals surface area contributed by atoms with Crippen LogP contribution in [-0.2, 0) is 11.3 Å². The number of nitrogens with two attached hydrogens (primary N) is 1. The van der Waals surface area contributed by atoms with Gasteiger partial charge in [0.2, 0.25) is 11.7 Å². The number of furan rings is 1. The van der Waals surface area contributed by atoms with E-state index in [4.69, 9.17) is 15.3 Å². The van der Waals surface area contributed by atoms with Crippen LogP contribution in [0.4, 0.5) is 0 Å². The molecule has 1 atom stereocenters. The second-order valence-electron chi connectivity index (χ2n) is 3.53. The molecule has 0 saturated heterocycles. The summed E-state index contributed by atoms with van der Waals surface area (Å²) >= 11 is 0. The average molecular weight is 226 g/mol. The number of rotatable bonds is 5. The number of aryl methyl sites for hydroxylation is 1. The van der Waals surface area contributed by atoms with E-state index in [1.807, 2.05) is 0 Å². The molecule has 1 rings (SSSR count). The van der Waals surface area contributed by atoms with Crippen molar-refractivity contribution in [1.29, 1.82) is 0 Å². The van der Waals surface area contributed by atoms with E-state index < -0.39 is 17.9 Å². The summed E-state index contributed by atoms with van der Waals surface area (Å²) in [5, 5.41) is 11.6. The zero-order valence-corrected chi connectivity index (χ0v) is 9.11. The lowest BCUT2D eigenvalue weighted by Gasteiger charge is -2.07. The standard InChI is InChI=1S/C10H14N2O4/c1-5-3-7(16-8(5)10(14)15)4-12-6(2)9(11)13/h3,6,12H,4H2,1-2H3,(H2,11,13)(H,14,15). The second kappa shape index (κ2) is 4.80. The van der Waals surface area contributed by atoms with Crippen LogP contribution in [0.3, 0.4) is 0 Å². The molecule has 4 N–H and O–H groups in total. The third-order valence-corrected chi connectivity index (χ3v) is 2.17. The lowest BCUT2D eigenvalue weighted by Crippen LogP contribution is -2.38. The predicted molar refractivity (Wildman–Crippen MR) is 55.9 cm³/mol. The van der Waals surface area contributed by atoms with Crippen LogP contribution in [0.2, 0.25) is 0 Å². The Morgan fingerprint density at radius 3 is 2.69 bits per heavy atom. The number of carboxylic acid groups (broad SMARTS) is 1. The third kappa shape index (κ3) is 2.83. The zero-order chi connectivity index (χ0) is 12.3. The number of nitrogens with one attached hydrogen (secondary N) is 1. The SMILES string of the molecule is Cc1cc(CNC(C)C(N)=O)oc1C(=O)O. The Hall–Kier alpha value is -1.82. The van der Waals surface area contributed by atoms with E-state index in [2.05, 4.69) is 5.32 Å². The highest BCUT2D eigenvalue weighted by Gasteiger charge is 2.15. The van der Waals surface area contributed by atoms with Crippen molar-refractivity contribution < 1.29 is 19.1 Å². The molecule has 0 fully saturated rings. The third-order valence-electron chi connectivity index (χ3n) is 2.17. The number of carbonyl (C=O) groups is 2. The van der Waals surface area contributed by atoms with Crippen LogP contribution in [0.1, 0.15) is 28.8 Å². The largest absolute Gasteiger partial charge is 0.475 e. The fraction of sp³-hybridized carbons (Fsp3) is 0.400. The van der Waals surface area contributed by atoms with Crippen LogP contribution < -0.4 is 11.1 Å². The van der Waals surface area contributed by atoms with Gasteiger partial charge in [-0.25, -0.2) is 4.79 Å². The first kappa shape index (κ1) is 12.3.